The second-order valence-electron chi connectivity index (χ2n) is 8.68. The standard InChI is InChI=1S/C29H29N3O3/c1-4-19-5-9-22(10-6-19)28-25-26(21-11-15-24(35-3)16-12-21)30-31-27(25)29(33)32(28)18-17-20-7-13-23(34-2)14-8-20/h5-16,28H,4,17-18H2,1-3H3,(H,30,31). The number of aryl methyl sites for hydroxylation is 1. The molecule has 6 nitrogen and oxygen atoms in total. The second kappa shape index (κ2) is 9.66. The van der Waals surface area contributed by atoms with Gasteiger partial charge in [0.2, 0.25) is 0 Å². The fourth-order valence-corrected chi connectivity index (χ4v) is 4.72. The van der Waals surface area contributed by atoms with E-state index in [1.54, 1.807) is 14.2 Å². The normalized spacial score (nSPS) is 14.8. The van der Waals surface area contributed by atoms with Crippen LogP contribution in [0.3, 0.4) is 0 Å². The Balaban J connectivity index is 1.52. The average molecular weight is 468 g/mol. The van der Waals surface area contributed by atoms with Gasteiger partial charge in [0.05, 0.1) is 26.0 Å². The number of amides is 1. The van der Waals surface area contributed by atoms with Crippen molar-refractivity contribution in [3.05, 3.63) is 101 Å². The van der Waals surface area contributed by atoms with Crippen LogP contribution in [0.5, 0.6) is 11.5 Å². The molecule has 4 aromatic rings. The number of fused-ring (bicyclic) bond motifs is 1. The van der Waals surface area contributed by atoms with Crippen LogP contribution in [0, 0.1) is 0 Å². The second-order valence-corrected chi connectivity index (χ2v) is 8.68. The third-order valence-electron chi connectivity index (χ3n) is 6.73. The Labute approximate surface area is 205 Å². The lowest BCUT2D eigenvalue weighted by molar-refractivity contribution is 0.0746. The fraction of sp³-hybridized carbons (Fsp3) is 0.241. The molecule has 1 aliphatic rings. The van der Waals surface area contributed by atoms with Crippen LogP contribution < -0.4 is 9.47 Å². The fourth-order valence-electron chi connectivity index (χ4n) is 4.72. The third kappa shape index (κ3) is 4.28. The Morgan fingerprint density at radius 1 is 0.857 bits per heavy atom. The van der Waals surface area contributed by atoms with Crippen molar-refractivity contribution < 1.29 is 14.3 Å². The number of carbonyl (C=O) groups excluding carboxylic acids is 1. The maximum Gasteiger partial charge on any atom is 0.273 e. The summed E-state index contributed by atoms with van der Waals surface area (Å²) in [5, 5.41) is 7.61. The minimum absolute atomic E-state index is 0.0228. The van der Waals surface area contributed by atoms with Gasteiger partial charge < -0.3 is 14.4 Å². The summed E-state index contributed by atoms with van der Waals surface area (Å²) in [6.45, 7) is 2.74. The quantitative estimate of drug-likeness (QED) is 0.374. The number of carbonyl (C=O) groups is 1. The number of hydrogen-bond donors (Lipinski definition) is 1. The molecule has 0 spiro atoms. The van der Waals surface area contributed by atoms with Crippen molar-refractivity contribution in [3.63, 3.8) is 0 Å². The number of nitrogens with one attached hydrogen (secondary N) is 1. The van der Waals surface area contributed by atoms with Crippen LogP contribution in [0.1, 0.15) is 45.7 Å². The molecule has 0 bridgehead atoms. The number of methoxy groups -OCH3 is 2. The molecule has 0 aliphatic carbocycles. The molecule has 3 aromatic carbocycles. The lowest BCUT2D eigenvalue weighted by Gasteiger charge is -2.26. The van der Waals surface area contributed by atoms with Crippen LogP contribution >= 0.6 is 0 Å². The van der Waals surface area contributed by atoms with Gasteiger partial charge in [0, 0.05) is 17.7 Å². The monoisotopic (exact) mass is 467 g/mol. The molecule has 1 unspecified atom stereocenters. The summed E-state index contributed by atoms with van der Waals surface area (Å²) in [6.07, 6.45) is 1.72. The van der Waals surface area contributed by atoms with Gasteiger partial charge in [-0.05, 0) is 65.9 Å². The van der Waals surface area contributed by atoms with E-state index >= 15 is 0 Å². The molecule has 0 saturated heterocycles. The number of benzene rings is 3. The molecule has 2 heterocycles. The van der Waals surface area contributed by atoms with Crippen molar-refractivity contribution in [3.8, 4) is 22.8 Å². The van der Waals surface area contributed by atoms with Gasteiger partial charge >= 0.3 is 0 Å². The molecule has 1 aromatic heterocycles. The highest BCUT2D eigenvalue weighted by atomic mass is 16.5. The molecule has 1 aliphatic heterocycles. The van der Waals surface area contributed by atoms with Crippen molar-refractivity contribution in [2.24, 2.45) is 0 Å². The predicted octanol–water partition coefficient (Wildman–Crippen LogP) is 5.44. The van der Waals surface area contributed by atoms with Crippen LogP contribution in [0.25, 0.3) is 11.3 Å². The average Bonchev–Trinajstić information content (AvgIpc) is 3.46. The van der Waals surface area contributed by atoms with E-state index < -0.39 is 0 Å². The molecule has 0 radical (unpaired) electrons. The molecule has 0 fully saturated rings. The minimum Gasteiger partial charge on any atom is -0.497 e. The summed E-state index contributed by atoms with van der Waals surface area (Å²) in [7, 11) is 3.31. The number of hydrogen-bond acceptors (Lipinski definition) is 4. The van der Waals surface area contributed by atoms with Gasteiger partial charge in [0.25, 0.3) is 5.91 Å². The Bertz CT molecular complexity index is 1310. The maximum absolute atomic E-state index is 13.6. The lowest BCUT2D eigenvalue weighted by Crippen LogP contribution is -2.31. The summed E-state index contributed by atoms with van der Waals surface area (Å²) < 4.78 is 10.6. The molecule has 0 saturated carbocycles. The van der Waals surface area contributed by atoms with E-state index in [0.717, 1.165) is 52.3 Å². The smallest absolute Gasteiger partial charge is 0.273 e. The first-order chi connectivity index (χ1) is 17.1. The Hall–Kier alpha value is -4.06. The van der Waals surface area contributed by atoms with Gasteiger partial charge in [0.15, 0.2) is 0 Å². The third-order valence-corrected chi connectivity index (χ3v) is 6.73. The van der Waals surface area contributed by atoms with Crippen molar-refractivity contribution in [1.82, 2.24) is 15.1 Å². The SMILES string of the molecule is CCc1ccc(C2c3c(-c4ccc(OC)cc4)n[nH]c3C(=O)N2CCc2ccc(OC)cc2)cc1. The molecule has 1 N–H and O–H groups in total. The highest BCUT2D eigenvalue weighted by molar-refractivity contribution is 6.00. The van der Waals surface area contributed by atoms with Gasteiger partial charge in [-0.1, -0.05) is 43.3 Å². The topological polar surface area (TPSA) is 67.5 Å². The van der Waals surface area contributed by atoms with E-state index in [4.69, 9.17) is 9.47 Å². The van der Waals surface area contributed by atoms with Gasteiger partial charge in [0.1, 0.15) is 17.2 Å². The van der Waals surface area contributed by atoms with E-state index in [9.17, 15) is 4.79 Å². The zero-order valence-corrected chi connectivity index (χ0v) is 20.2. The van der Waals surface area contributed by atoms with E-state index in [1.807, 2.05) is 53.4 Å². The number of nitrogens with zero attached hydrogens (tertiary/aromatic N) is 2. The number of H-pyrrole nitrogens is 1. The Morgan fingerprint density at radius 3 is 2.06 bits per heavy atom. The predicted molar refractivity (Wildman–Crippen MR) is 136 cm³/mol. The first kappa shape index (κ1) is 22.7. The van der Waals surface area contributed by atoms with Gasteiger partial charge in [-0.15, -0.1) is 0 Å². The first-order valence-electron chi connectivity index (χ1n) is 11.9. The molecule has 178 valence electrons. The molecular formula is C29H29N3O3. The van der Waals surface area contributed by atoms with Crippen LogP contribution in [-0.4, -0.2) is 41.8 Å². The van der Waals surface area contributed by atoms with Gasteiger partial charge in [-0.3, -0.25) is 9.89 Å². The number of aromatic amines is 1. The summed E-state index contributed by atoms with van der Waals surface area (Å²) >= 11 is 0. The van der Waals surface area contributed by atoms with Crippen molar-refractivity contribution in [2.75, 3.05) is 20.8 Å². The van der Waals surface area contributed by atoms with Gasteiger partial charge in [-0.2, -0.15) is 5.10 Å². The van der Waals surface area contributed by atoms with E-state index in [1.165, 1.54) is 5.56 Å². The molecule has 6 heteroatoms. The first-order valence-corrected chi connectivity index (χ1v) is 11.9. The van der Waals surface area contributed by atoms with Crippen LogP contribution in [0.4, 0.5) is 0 Å². The lowest BCUT2D eigenvalue weighted by atomic mass is 9.95. The van der Waals surface area contributed by atoms with E-state index in [0.29, 0.717) is 12.2 Å². The zero-order chi connectivity index (χ0) is 24.4. The van der Waals surface area contributed by atoms with Crippen molar-refractivity contribution in [1.29, 1.82) is 0 Å². The maximum atomic E-state index is 13.6. The van der Waals surface area contributed by atoms with Crippen molar-refractivity contribution >= 4 is 5.91 Å². The number of rotatable bonds is 8. The Kier molecular flexibility index (Phi) is 6.27. The minimum atomic E-state index is -0.211. The summed E-state index contributed by atoms with van der Waals surface area (Å²) in [5.41, 5.74) is 6.75. The van der Waals surface area contributed by atoms with Gasteiger partial charge in [-0.25, -0.2) is 0 Å². The van der Waals surface area contributed by atoms with E-state index in [-0.39, 0.29) is 11.9 Å². The zero-order valence-electron chi connectivity index (χ0n) is 20.2. The molecular weight excluding hydrogens is 438 g/mol. The highest BCUT2D eigenvalue weighted by Crippen LogP contribution is 2.43. The van der Waals surface area contributed by atoms with Crippen molar-refractivity contribution in [2.45, 2.75) is 25.8 Å². The van der Waals surface area contributed by atoms with Crippen LogP contribution in [0.2, 0.25) is 0 Å². The Morgan fingerprint density at radius 2 is 1.46 bits per heavy atom. The van der Waals surface area contributed by atoms with Crippen LogP contribution in [0.15, 0.2) is 72.8 Å². The molecule has 5 rings (SSSR count). The number of aromatic nitrogens is 2. The summed E-state index contributed by atoms with van der Waals surface area (Å²) in [4.78, 5) is 15.5. The molecule has 1 atom stereocenters. The molecule has 35 heavy (non-hydrogen) atoms. The van der Waals surface area contributed by atoms with Crippen LogP contribution in [-0.2, 0) is 12.8 Å². The summed E-state index contributed by atoms with van der Waals surface area (Å²) in [6, 6.07) is 24.2. The molecule has 1 amide bonds. The number of ether oxygens (including phenoxy) is 2. The largest absolute Gasteiger partial charge is 0.497 e. The van der Waals surface area contributed by atoms with E-state index in [2.05, 4.69) is 41.4 Å². The highest BCUT2D eigenvalue weighted by Gasteiger charge is 2.41. The summed E-state index contributed by atoms with van der Waals surface area (Å²) in [5.74, 6) is 1.58.